The summed E-state index contributed by atoms with van der Waals surface area (Å²) in [7, 11) is 0. The van der Waals surface area contributed by atoms with E-state index in [4.69, 9.17) is 15.5 Å². The van der Waals surface area contributed by atoms with E-state index < -0.39 is 5.60 Å². The zero-order chi connectivity index (χ0) is 19.4. The maximum absolute atomic E-state index is 11.7. The highest BCUT2D eigenvalue weighted by atomic mass is 16.6. The second-order valence-electron chi connectivity index (χ2n) is 7.74. The van der Waals surface area contributed by atoms with Gasteiger partial charge in [0.05, 0.1) is 5.69 Å². The van der Waals surface area contributed by atoms with Crippen molar-refractivity contribution in [1.82, 2.24) is 20.2 Å². The molecule has 0 saturated carbocycles. The molecule has 3 rings (SSSR count). The van der Waals surface area contributed by atoms with Crippen LogP contribution in [0.25, 0.3) is 11.4 Å². The third kappa shape index (κ3) is 5.40. The van der Waals surface area contributed by atoms with Gasteiger partial charge in [-0.25, -0.2) is 14.8 Å². The fourth-order valence-electron chi connectivity index (χ4n) is 2.95. The Kier molecular flexibility index (Phi) is 5.60. The zero-order valence-electron chi connectivity index (χ0n) is 16.2. The highest BCUT2D eigenvalue weighted by Gasteiger charge is 2.20. The molecule has 144 valence electrons. The van der Waals surface area contributed by atoms with Crippen LogP contribution < -0.4 is 11.1 Å². The van der Waals surface area contributed by atoms with Gasteiger partial charge in [0.1, 0.15) is 5.60 Å². The lowest BCUT2D eigenvalue weighted by Gasteiger charge is -2.28. The molecule has 0 saturated heterocycles. The molecular weight excluding hydrogens is 342 g/mol. The van der Waals surface area contributed by atoms with Crippen LogP contribution in [0.2, 0.25) is 0 Å². The number of amides is 1. The van der Waals surface area contributed by atoms with Crippen molar-refractivity contribution in [2.45, 2.75) is 39.3 Å². The number of nitrogens with one attached hydrogen (secondary N) is 1. The summed E-state index contributed by atoms with van der Waals surface area (Å²) >= 11 is 0. The molecule has 0 unspecified atom stereocenters. The number of benzene rings is 1. The van der Waals surface area contributed by atoms with Crippen molar-refractivity contribution in [2.24, 2.45) is 0 Å². The van der Waals surface area contributed by atoms with Crippen molar-refractivity contribution in [3.8, 4) is 11.4 Å². The third-order valence-electron chi connectivity index (χ3n) is 4.29. The Morgan fingerprint density at radius 1 is 1.30 bits per heavy atom. The van der Waals surface area contributed by atoms with E-state index in [1.54, 1.807) is 0 Å². The number of aromatic nitrogens is 2. The lowest BCUT2D eigenvalue weighted by molar-refractivity contribution is 0.0521. The van der Waals surface area contributed by atoms with Gasteiger partial charge in [0.2, 0.25) is 0 Å². The summed E-state index contributed by atoms with van der Waals surface area (Å²) < 4.78 is 5.26. The van der Waals surface area contributed by atoms with E-state index >= 15 is 0 Å². The minimum absolute atomic E-state index is 0.382. The summed E-state index contributed by atoms with van der Waals surface area (Å²) in [6.07, 6.45) is 2.45. The second kappa shape index (κ2) is 7.92. The van der Waals surface area contributed by atoms with Gasteiger partial charge in [0, 0.05) is 43.6 Å². The van der Waals surface area contributed by atoms with Crippen LogP contribution in [-0.2, 0) is 17.7 Å². The number of carbonyl (C=O) groups excluding carboxylic acids is 1. The van der Waals surface area contributed by atoms with Gasteiger partial charge in [-0.1, -0.05) is 0 Å². The van der Waals surface area contributed by atoms with E-state index in [0.29, 0.717) is 12.4 Å². The van der Waals surface area contributed by atoms with Crippen LogP contribution in [0.3, 0.4) is 0 Å². The van der Waals surface area contributed by atoms with Crippen LogP contribution in [0.1, 0.15) is 32.0 Å². The van der Waals surface area contributed by atoms with Crippen molar-refractivity contribution in [2.75, 3.05) is 25.4 Å². The summed E-state index contributed by atoms with van der Waals surface area (Å²) in [5, 5.41) is 2.81. The molecule has 2 heterocycles. The predicted octanol–water partition coefficient (Wildman–Crippen LogP) is 2.61. The number of alkyl carbamates (subject to hydrolysis) is 1. The second-order valence-corrected chi connectivity index (χ2v) is 7.74. The SMILES string of the molecule is CC(C)(C)OC(=O)NCCN1CCc2cnc(-c3ccc(N)cc3)nc2C1. The summed E-state index contributed by atoms with van der Waals surface area (Å²) in [5.74, 6) is 0.711. The van der Waals surface area contributed by atoms with Crippen molar-refractivity contribution in [3.63, 3.8) is 0 Å². The van der Waals surface area contributed by atoms with E-state index in [0.717, 1.165) is 43.0 Å². The van der Waals surface area contributed by atoms with Crippen molar-refractivity contribution in [3.05, 3.63) is 41.7 Å². The van der Waals surface area contributed by atoms with E-state index in [2.05, 4.69) is 15.2 Å². The quantitative estimate of drug-likeness (QED) is 0.805. The number of carbonyl (C=O) groups is 1. The number of nitrogens with zero attached hydrogens (tertiary/aromatic N) is 3. The number of fused-ring (bicyclic) bond motifs is 1. The highest BCUT2D eigenvalue weighted by molar-refractivity contribution is 5.67. The average Bonchev–Trinajstić information content (AvgIpc) is 2.60. The van der Waals surface area contributed by atoms with Gasteiger partial charge < -0.3 is 15.8 Å². The molecule has 1 aliphatic rings. The van der Waals surface area contributed by atoms with Gasteiger partial charge >= 0.3 is 6.09 Å². The molecular formula is C20H27N5O2. The van der Waals surface area contributed by atoms with Crippen LogP contribution in [-0.4, -0.2) is 46.2 Å². The molecule has 0 aliphatic carbocycles. The largest absolute Gasteiger partial charge is 0.444 e. The van der Waals surface area contributed by atoms with Gasteiger partial charge in [-0.05, 0) is 57.0 Å². The van der Waals surface area contributed by atoms with E-state index in [-0.39, 0.29) is 6.09 Å². The van der Waals surface area contributed by atoms with Gasteiger partial charge in [0.15, 0.2) is 5.82 Å². The number of nitrogen functional groups attached to an aromatic ring is 1. The van der Waals surface area contributed by atoms with E-state index in [1.165, 1.54) is 5.56 Å². The van der Waals surface area contributed by atoms with Gasteiger partial charge in [0.25, 0.3) is 0 Å². The monoisotopic (exact) mass is 369 g/mol. The van der Waals surface area contributed by atoms with Crippen molar-refractivity contribution < 1.29 is 9.53 Å². The number of anilines is 1. The molecule has 27 heavy (non-hydrogen) atoms. The Labute approximate surface area is 159 Å². The Bertz CT molecular complexity index is 799. The first kappa shape index (κ1) is 19.1. The zero-order valence-corrected chi connectivity index (χ0v) is 16.2. The first-order valence-electron chi connectivity index (χ1n) is 9.20. The Morgan fingerprint density at radius 3 is 2.74 bits per heavy atom. The first-order valence-corrected chi connectivity index (χ1v) is 9.20. The summed E-state index contributed by atoms with van der Waals surface area (Å²) in [4.78, 5) is 23.3. The molecule has 0 fully saturated rings. The molecule has 3 N–H and O–H groups in total. The van der Waals surface area contributed by atoms with Crippen LogP contribution in [0.15, 0.2) is 30.5 Å². The molecule has 0 spiro atoms. The molecule has 1 aliphatic heterocycles. The van der Waals surface area contributed by atoms with Crippen LogP contribution in [0.4, 0.5) is 10.5 Å². The molecule has 1 aromatic carbocycles. The molecule has 0 radical (unpaired) electrons. The predicted molar refractivity (Wildman–Crippen MR) is 105 cm³/mol. The fourth-order valence-corrected chi connectivity index (χ4v) is 2.95. The summed E-state index contributed by atoms with van der Waals surface area (Å²) in [6.45, 7) is 8.52. The third-order valence-corrected chi connectivity index (χ3v) is 4.29. The Balaban J connectivity index is 1.58. The Hall–Kier alpha value is -2.67. The average molecular weight is 369 g/mol. The summed E-state index contributed by atoms with van der Waals surface area (Å²) in [5.41, 5.74) is 9.17. The van der Waals surface area contributed by atoms with Crippen LogP contribution in [0, 0.1) is 0 Å². The number of nitrogens with two attached hydrogens (primary N) is 1. The first-order chi connectivity index (χ1) is 12.8. The minimum atomic E-state index is -0.483. The number of ether oxygens (including phenoxy) is 1. The van der Waals surface area contributed by atoms with Gasteiger partial charge in [-0.2, -0.15) is 0 Å². The van der Waals surface area contributed by atoms with Crippen molar-refractivity contribution in [1.29, 1.82) is 0 Å². The van der Waals surface area contributed by atoms with Crippen LogP contribution in [0.5, 0.6) is 0 Å². The summed E-state index contributed by atoms with van der Waals surface area (Å²) in [6, 6.07) is 7.57. The maximum atomic E-state index is 11.7. The molecule has 2 aromatic rings. The topological polar surface area (TPSA) is 93.4 Å². The standard InChI is InChI=1S/C20H27N5O2/c1-20(2,3)27-19(26)22-9-11-25-10-8-15-12-23-18(24-17(15)13-25)14-4-6-16(21)7-5-14/h4-7,12H,8-11,13,21H2,1-3H3,(H,22,26). The van der Waals surface area contributed by atoms with Crippen LogP contribution >= 0.6 is 0 Å². The Morgan fingerprint density at radius 2 is 2.04 bits per heavy atom. The molecule has 7 nitrogen and oxygen atoms in total. The number of rotatable bonds is 4. The maximum Gasteiger partial charge on any atom is 0.407 e. The normalized spacial score (nSPS) is 14.5. The van der Waals surface area contributed by atoms with Gasteiger partial charge in [-0.3, -0.25) is 4.90 Å². The highest BCUT2D eigenvalue weighted by Crippen LogP contribution is 2.21. The molecule has 7 heteroatoms. The molecule has 1 aromatic heterocycles. The van der Waals surface area contributed by atoms with E-state index in [9.17, 15) is 4.79 Å². The number of hydrogen-bond acceptors (Lipinski definition) is 6. The smallest absolute Gasteiger partial charge is 0.407 e. The molecule has 0 atom stereocenters. The van der Waals surface area contributed by atoms with E-state index in [1.807, 2.05) is 51.2 Å². The molecule has 0 bridgehead atoms. The molecule has 1 amide bonds. The fraction of sp³-hybridized carbons (Fsp3) is 0.450. The van der Waals surface area contributed by atoms with Gasteiger partial charge in [-0.15, -0.1) is 0 Å². The minimum Gasteiger partial charge on any atom is -0.444 e. The van der Waals surface area contributed by atoms with Crippen molar-refractivity contribution >= 4 is 11.8 Å². The lowest BCUT2D eigenvalue weighted by atomic mass is 10.1. The number of hydrogen-bond donors (Lipinski definition) is 2. The lowest BCUT2D eigenvalue weighted by Crippen LogP contribution is -2.40.